The molecule has 0 saturated carbocycles. The van der Waals surface area contributed by atoms with Crippen LogP contribution in [0, 0.1) is 6.92 Å². The molecule has 1 saturated heterocycles. The third kappa shape index (κ3) is 4.69. The fraction of sp³-hybridized carbons (Fsp3) is 0.571. The third-order valence-electron chi connectivity index (χ3n) is 6.28. The first kappa shape index (κ1) is 23.9. The van der Waals surface area contributed by atoms with Crippen molar-refractivity contribution < 1.29 is 22.8 Å². The van der Waals surface area contributed by atoms with E-state index >= 15 is 0 Å². The monoisotopic (exact) mass is 491 g/mol. The van der Waals surface area contributed by atoms with E-state index < -0.39 is 27.3 Å². The highest BCUT2D eigenvalue weighted by atomic mass is 32.2. The minimum Gasteiger partial charge on any atom is -0.387 e. The van der Waals surface area contributed by atoms with Crippen LogP contribution >= 0.6 is 0 Å². The van der Waals surface area contributed by atoms with Crippen LogP contribution < -0.4 is 16.8 Å². The summed E-state index contributed by atoms with van der Waals surface area (Å²) in [5, 5.41) is 13.1. The van der Waals surface area contributed by atoms with Crippen molar-refractivity contribution in [2.45, 2.75) is 64.1 Å². The predicted molar refractivity (Wildman–Crippen MR) is 126 cm³/mol. The zero-order valence-corrected chi connectivity index (χ0v) is 20.0. The van der Waals surface area contributed by atoms with Gasteiger partial charge < -0.3 is 21.6 Å². The Morgan fingerprint density at radius 2 is 1.88 bits per heavy atom. The summed E-state index contributed by atoms with van der Waals surface area (Å²) in [6.07, 6.45) is 2.32. The van der Waals surface area contributed by atoms with E-state index in [0.717, 1.165) is 16.8 Å². The molecule has 4 heterocycles. The van der Waals surface area contributed by atoms with Gasteiger partial charge >= 0.3 is 0 Å². The van der Waals surface area contributed by atoms with Crippen molar-refractivity contribution in [3.05, 3.63) is 17.5 Å². The number of amides is 2. The topological polar surface area (TPSA) is 185 Å². The zero-order chi connectivity index (χ0) is 24.7. The van der Waals surface area contributed by atoms with Crippen LogP contribution in [0.15, 0.2) is 11.4 Å². The van der Waals surface area contributed by atoms with E-state index in [1.54, 1.807) is 10.9 Å². The van der Waals surface area contributed by atoms with Crippen LogP contribution in [0.5, 0.6) is 0 Å². The molecule has 0 unspecified atom stereocenters. The Kier molecular flexibility index (Phi) is 6.23. The average molecular weight is 492 g/mol. The molecule has 0 atom stereocenters. The molecule has 0 bridgehead atoms. The van der Waals surface area contributed by atoms with Gasteiger partial charge in [-0.05, 0) is 26.7 Å². The van der Waals surface area contributed by atoms with Gasteiger partial charge in [0.2, 0.25) is 11.8 Å². The summed E-state index contributed by atoms with van der Waals surface area (Å²) < 4.78 is 25.6. The molecule has 5 N–H and O–H groups in total. The van der Waals surface area contributed by atoms with Gasteiger partial charge in [-0.25, -0.2) is 18.1 Å². The molecule has 13 heteroatoms. The lowest BCUT2D eigenvalue weighted by Gasteiger charge is -2.26. The lowest BCUT2D eigenvalue weighted by molar-refractivity contribution is -0.131. The molecule has 4 rings (SSSR count). The summed E-state index contributed by atoms with van der Waals surface area (Å²) in [7, 11) is -3.02. The highest BCUT2D eigenvalue weighted by Crippen LogP contribution is 2.38. The minimum atomic E-state index is -3.02. The Morgan fingerprint density at radius 1 is 1.24 bits per heavy atom. The number of carbonyl (C=O) groups excluding carboxylic acids is 2. The lowest BCUT2D eigenvalue weighted by atomic mass is 9.87. The number of sulfone groups is 1. The maximum Gasteiger partial charge on any atom is 0.221 e. The maximum absolute atomic E-state index is 11.9. The van der Waals surface area contributed by atoms with Gasteiger partial charge in [0.15, 0.2) is 11.2 Å². The third-order valence-corrected chi connectivity index (χ3v) is 8.00. The van der Waals surface area contributed by atoms with Crippen molar-refractivity contribution in [2.24, 2.45) is 16.6 Å². The van der Waals surface area contributed by atoms with Gasteiger partial charge in [-0.2, -0.15) is 5.10 Å². The number of nitrogens with zero attached hydrogens (tertiary/aromatic N) is 4. The maximum atomic E-state index is 11.9. The Balaban J connectivity index is 1.75. The number of oxime groups is 1. The minimum absolute atomic E-state index is 0.0684. The van der Waals surface area contributed by atoms with Crippen LogP contribution in [0.25, 0.3) is 11.0 Å². The second-order valence-corrected chi connectivity index (χ2v) is 11.3. The number of nitrogens with one attached hydrogen (secondary N) is 1. The van der Waals surface area contributed by atoms with Gasteiger partial charge in [-0.1, -0.05) is 5.16 Å². The lowest BCUT2D eigenvalue weighted by Crippen LogP contribution is -2.39. The fourth-order valence-electron chi connectivity index (χ4n) is 4.70. The largest absolute Gasteiger partial charge is 0.387 e. The Labute approximate surface area is 197 Å². The van der Waals surface area contributed by atoms with Gasteiger partial charge in [-0.15, -0.1) is 0 Å². The molecule has 2 aliphatic heterocycles. The Bertz CT molecular complexity index is 1250. The number of hydrogen-bond donors (Lipinski definition) is 3. The van der Waals surface area contributed by atoms with Crippen LogP contribution in [0.2, 0.25) is 0 Å². The molecular formula is C21H29N7O5S. The van der Waals surface area contributed by atoms with Crippen LogP contribution in [0.1, 0.15) is 50.3 Å². The van der Waals surface area contributed by atoms with Crippen molar-refractivity contribution in [1.29, 1.82) is 0 Å². The number of aryl methyl sites for hydroxylation is 2. The molecule has 2 amide bonds. The van der Waals surface area contributed by atoms with E-state index in [9.17, 15) is 18.0 Å². The summed E-state index contributed by atoms with van der Waals surface area (Å²) in [6.45, 7) is 4.48. The molecule has 2 aromatic rings. The van der Waals surface area contributed by atoms with Crippen LogP contribution in [0.4, 0.5) is 5.69 Å². The highest BCUT2D eigenvalue weighted by Gasteiger charge is 2.43. The van der Waals surface area contributed by atoms with E-state index in [4.69, 9.17) is 16.3 Å². The SMILES string of the molecule is CCn1nc(C)c2c(NC3CCS(=O)(=O)CC3)c(C3=NOC(CC(N)=O)(CC(N)=O)C3)cnc21. The standard InChI is InChI=1S/C21H29N7O5S/c1-3-28-20-18(12(2)26-28)19(25-13-4-6-34(31,32)7-5-13)14(11-24-20)15-8-21(33-27-15,9-16(22)29)10-17(23)30/h11,13H,3-10H2,1-2H3,(H2,22,29)(H2,23,30)(H,24,25). The van der Waals surface area contributed by atoms with E-state index in [2.05, 4.69) is 20.6 Å². The first-order valence-corrected chi connectivity index (χ1v) is 13.0. The van der Waals surface area contributed by atoms with Crippen molar-refractivity contribution in [1.82, 2.24) is 14.8 Å². The Morgan fingerprint density at radius 3 is 2.47 bits per heavy atom. The smallest absolute Gasteiger partial charge is 0.221 e. The number of primary amides is 2. The second-order valence-electron chi connectivity index (χ2n) is 8.99. The highest BCUT2D eigenvalue weighted by molar-refractivity contribution is 7.91. The van der Waals surface area contributed by atoms with Crippen LogP contribution in [0.3, 0.4) is 0 Å². The van der Waals surface area contributed by atoms with Gasteiger partial charge in [0.05, 0.1) is 46.8 Å². The zero-order valence-electron chi connectivity index (χ0n) is 19.2. The van der Waals surface area contributed by atoms with Gasteiger partial charge in [0.1, 0.15) is 9.84 Å². The van der Waals surface area contributed by atoms with E-state index in [0.29, 0.717) is 36.3 Å². The first-order chi connectivity index (χ1) is 16.0. The van der Waals surface area contributed by atoms with Crippen molar-refractivity contribution >= 4 is 44.1 Å². The number of hydrogen-bond acceptors (Lipinski definition) is 9. The number of carbonyl (C=O) groups is 2. The van der Waals surface area contributed by atoms with Crippen molar-refractivity contribution in [3.8, 4) is 0 Å². The van der Waals surface area contributed by atoms with Gasteiger partial charge in [0, 0.05) is 30.8 Å². The normalized spacial score (nSPS) is 19.5. The average Bonchev–Trinajstić information content (AvgIpc) is 3.29. The number of pyridine rings is 1. The molecule has 0 aliphatic carbocycles. The molecular weight excluding hydrogens is 462 g/mol. The summed E-state index contributed by atoms with van der Waals surface area (Å²) in [4.78, 5) is 33.6. The van der Waals surface area contributed by atoms with E-state index in [-0.39, 0.29) is 36.8 Å². The van der Waals surface area contributed by atoms with Crippen molar-refractivity contribution in [2.75, 3.05) is 16.8 Å². The molecule has 2 aliphatic rings. The van der Waals surface area contributed by atoms with Crippen LogP contribution in [-0.4, -0.2) is 63.9 Å². The molecule has 34 heavy (non-hydrogen) atoms. The van der Waals surface area contributed by atoms with Crippen LogP contribution in [-0.2, 0) is 30.8 Å². The van der Waals surface area contributed by atoms with Crippen molar-refractivity contribution in [3.63, 3.8) is 0 Å². The summed E-state index contributed by atoms with van der Waals surface area (Å²) >= 11 is 0. The second kappa shape index (κ2) is 8.85. The Hall–Kier alpha value is -3.22. The van der Waals surface area contributed by atoms with E-state index in [1.807, 2.05) is 13.8 Å². The number of anilines is 1. The number of rotatable bonds is 8. The summed E-state index contributed by atoms with van der Waals surface area (Å²) in [6, 6.07) is -0.0684. The molecule has 184 valence electrons. The fourth-order valence-corrected chi connectivity index (χ4v) is 6.19. The van der Waals surface area contributed by atoms with Gasteiger partial charge in [-0.3, -0.25) is 9.59 Å². The molecule has 1 fully saturated rings. The number of fused-ring (bicyclic) bond motifs is 1. The predicted octanol–water partition coefficient (Wildman–Crippen LogP) is 0.363. The summed E-state index contributed by atoms with van der Waals surface area (Å²) in [5.74, 6) is -1.03. The quantitative estimate of drug-likeness (QED) is 0.472. The molecule has 2 aromatic heterocycles. The van der Waals surface area contributed by atoms with Gasteiger partial charge in [0.25, 0.3) is 0 Å². The van der Waals surface area contributed by atoms with E-state index in [1.165, 1.54) is 0 Å². The number of nitrogens with two attached hydrogens (primary N) is 2. The number of aromatic nitrogens is 3. The molecule has 12 nitrogen and oxygen atoms in total. The molecule has 0 spiro atoms. The summed E-state index contributed by atoms with van der Waals surface area (Å²) in [5.41, 5.74) is 12.8. The first-order valence-electron chi connectivity index (χ1n) is 11.2. The molecule has 0 radical (unpaired) electrons. The molecule has 0 aromatic carbocycles.